The molecule has 0 heterocycles. The fourth-order valence-electron chi connectivity index (χ4n) is 1.87. The summed E-state index contributed by atoms with van der Waals surface area (Å²) in [6.45, 7) is 3.65. The lowest BCUT2D eigenvalue weighted by atomic mass is 9.73. The van der Waals surface area contributed by atoms with Crippen LogP contribution in [-0.4, -0.2) is 11.6 Å². The zero-order valence-electron chi connectivity index (χ0n) is 8.33. The molecule has 0 N–H and O–H groups in total. The third kappa shape index (κ3) is 1.18. The number of rotatable bonds is 0. The third-order valence-electron chi connectivity index (χ3n) is 2.69. The fourth-order valence-corrected chi connectivity index (χ4v) is 1.87. The van der Waals surface area contributed by atoms with Gasteiger partial charge in [-0.05, 0) is 0 Å². The molecule has 0 saturated carbocycles. The highest BCUT2D eigenvalue weighted by molar-refractivity contribution is 6.16. The molecule has 2 rings (SSSR count). The Balaban J connectivity index is 2.63. The predicted molar refractivity (Wildman–Crippen MR) is 53.5 cm³/mol. The molecule has 0 aromatic heterocycles. The van der Waals surface area contributed by atoms with Gasteiger partial charge in [-0.2, -0.15) is 0 Å². The molecule has 1 aliphatic rings. The summed E-state index contributed by atoms with van der Waals surface area (Å²) in [5.74, 6) is 0.151. The lowest BCUT2D eigenvalue weighted by Crippen LogP contribution is -2.33. The molecule has 1 aromatic rings. The summed E-state index contributed by atoms with van der Waals surface area (Å²) in [7, 11) is 0. The molecular formula is C12H12O2. The molecule has 0 atom stereocenters. The van der Waals surface area contributed by atoms with Gasteiger partial charge in [0.1, 0.15) is 0 Å². The minimum Gasteiger partial charge on any atom is -0.294 e. The maximum absolute atomic E-state index is 11.9. The average molecular weight is 188 g/mol. The van der Waals surface area contributed by atoms with Crippen LogP contribution in [-0.2, 0) is 0 Å². The Bertz CT molecular complexity index is 416. The number of fused-ring (bicyclic) bond motifs is 1. The smallest absolute Gasteiger partial charge is 0.169 e. The van der Waals surface area contributed by atoms with Crippen LogP contribution in [0.1, 0.15) is 41.0 Å². The molecule has 0 amide bonds. The van der Waals surface area contributed by atoms with Crippen molar-refractivity contribution in [2.24, 2.45) is 5.41 Å². The summed E-state index contributed by atoms with van der Waals surface area (Å²) < 4.78 is 0. The van der Waals surface area contributed by atoms with Crippen LogP contribution >= 0.6 is 0 Å². The summed E-state index contributed by atoms with van der Waals surface area (Å²) in [6, 6.07) is 7.05. The minimum atomic E-state index is -0.536. The van der Waals surface area contributed by atoms with E-state index >= 15 is 0 Å². The van der Waals surface area contributed by atoms with Crippen LogP contribution in [0, 0.1) is 5.41 Å². The molecule has 72 valence electrons. The van der Waals surface area contributed by atoms with E-state index < -0.39 is 5.41 Å². The van der Waals surface area contributed by atoms with Crippen LogP contribution in [0.25, 0.3) is 0 Å². The largest absolute Gasteiger partial charge is 0.294 e. The first-order chi connectivity index (χ1) is 6.52. The Morgan fingerprint density at radius 3 is 2.29 bits per heavy atom. The van der Waals surface area contributed by atoms with Crippen LogP contribution in [0.2, 0.25) is 0 Å². The van der Waals surface area contributed by atoms with Crippen molar-refractivity contribution in [3.8, 4) is 0 Å². The Hall–Kier alpha value is -1.44. The fraction of sp³-hybridized carbons (Fsp3) is 0.333. The quantitative estimate of drug-likeness (QED) is 0.626. The van der Waals surface area contributed by atoms with Crippen LogP contribution in [0.4, 0.5) is 0 Å². The van der Waals surface area contributed by atoms with Gasteiger partial charge in [0.15, 0.2) is 11.6 Å². The van der Waals surface area contributed by atoms with Crippen LogP contribution in [0.5, 0.6) is 0 Å². The molecule has 14 heavy (non-hydrogen) atoms. The predicted octanol–water partition coefficient (Wildman–Crippen LogP) is 2.48. The van der Waals surface area contributed by atoms with Gasteiger partial charge in [0.2, 0.25) is 0 Å². The summed E-state index contributed by atoms with van der Waals surface area (Å²) >= 11 is 0. The van der Waals surface area contributed by atoms with Gasteiger partial charge in [0.05, 0.1) is 0 Å². The monoisotopic (exact) mass is 188 g/mol. The molecule has 1 aliphatic carbocycles. The van der Waals surface area contributed by atoms with Gasteiger partial charge in [0, 0.05) is 23.0 Å². The highest BCUT2D eigenvalue weighted by atomic mass is 16.1. The van der Waals surface area contributed by atoms with Crippen molar-refractivity contribution in [1.82, 2.24) is 0 Å². The SMILES string of the molecule is CC1(C)CC(=O)c2ccccc2C1=O. The van der Waals surface area contributed by atoms with E-state index in [-0.39, 0.29) is 11.6 Å². The van der Waals surface area contributed by atoms with Crippen LogP contribution in [0.3, 0.4) is 0 Å². The molecule has 0 saturated heterocycles. The van der Waals surface area contributed by atoms with Gasteiger partial charge in [-0.25, -0.2) is 0 Å². The van der Waals surface area contributed by atoms with Crippen LogP contribution < -0.4 is 0 Å². The van der Waals surface area contributed by atoms with Crippen molar-refractivity contribution < 1.29 is 9.59 Å². The number of Topliss-reactive ketones (excluding diaryl/α,β-unsaturated/α-hetero) is 2. The second-order valence-electron chi connectivity index (χ2n) is 4.36. The normalized spacial score (nSPS) is 19.3. The number of hydrogen-bond acceptors (Lipinski definition) is 2. The van der Waals surface area contributed by atoms with Crippen molar-refractivity contribution in [3.63, 3.8) is 0 Å². The zero-order valence-corrected chi connectivity index (χ0v) is 8.33. The second-order valence-corrected chi connectivity index (χ2v) is 4.36. The Morgan fingerprint density at radius 2 is 1.64 bits per heavy atom. The standard InChI is InChI=1S/C12H12O2/c1-12(2)7-10(13)8-5-3-4-6-9(8)11(12)14/h3-6H,7H2,1-2H3. The molecule has 0 aliphatic heterocycles. The first-order valence-electron chi connectivity index (χ1n) is 4.69. The number of carbonyl (C=O) groups is 2. The third-order valence-corrected chi connectivity index (χ3v) is 2.69. The van der Waals surface area contributed by atoms with Crippen molar-refractivity contribution in [1.29, 1.82) is 0 Å². The van der Waals surface area contributed by atoms with Crippen molar-refractivity contribution in [2.45, 2.75) is 20.3 Å². The molecule has 0 radical (unpaired) electrons. The van der Waals surface area contributed by atoms with Gasteiger partial charge >= 0.3 is 0 Å². The molecule has 1 aromatic carbocycles. The molecule has 2 heteroatoms. The van der Waals surface area contributed by atoms with Gasteiger partial charge < -0.3 is 0 Å². The Labute approximate surface area is 82.9 Å². The molecule has 0 bridgehead atoms. The van der Waals surface area contributed by atoms with Crippen molar-refractivity contribution >= 4 is 11.6 Å². The summed E-state index contributed by atoms with van der Waals surface area (Å²) in [5.41, 5.74) is 0.622. The maximum Gasteiger partial charge on any atom is 0.169 e. The first-order valence-corrected chi connectivity index (χ1v) is 4.69. The van der Waals surface area contributed by atoms with E-state index in [1.807, 2.05) is 13.8 Å². The van der Waals surface area contributed by atoms with E-state index in [1.54, 1.807) is 24.3 Å². The summed E-state index contributed by atoms with van der Waals surface area (Å²) in [4.78, 5) is 23.6. The summed E-state index contributed by atoms with van der Waals surface area (Å²) in [5, 5.41) is 0. The van der Waals surface area contributed by atoms with Crippen molar-refractivity contribution in [3.05, 3.63) is 35.4 Å². The lowest BCUT2D eigenvalue weighted by Gasteiger charge is -2.28. The average Bonchev–Trinajstić information content (AvgIpc) is 2.14. The van der Waals surface area contributed by atoms with Gasteiger partial charge in [-0.1, -0.05) is 38.1 Å². The molecule has 0 unspecified atom stereocenters. The zero-order chi connectivity index (χ0) is 10.3. The highest BCUT2D eigenvalue weighted by Crippen LogP contribution is 2.34. The van der Waals surface area contributed by atoms with E-state index in [9.17, 15) is 9.59 Å². The van der Waals surface area contributed by atoms with E-state index in [2.05, 4.69) is 0 Å². The number of hydrogen-bond donors (Lipinski definition) is 0. The lowest BCUT2D eigenvalue weighted by molar-refractivity contribution is 0.0738. The van der Waals surface area contributed by atoms with Crippen molar-refractivity contribution in [2.75, 3.05) is 0 Å². The van der Waals surface area contributed by atoms with E-state index in [4.69, 9.17) is 0 Å². The molecule has 0 spiro atoms. The molecule has 0 fully saturated rings. The molecular weight excluding hydrogens is 176 g/mol. The second kappa shape index (κ2) is 2.77. The maximum atomic E-state index is 11.9. The minimum absolute atomic E-state index is 0.0743. The highest BCUT2D eigenvalue weighted by Gasteiger charge is 2.38. The number of benzene rings is 1. The Kier molecular flexibility index (Phi) is 1.81. The molecule has 2 nitrogen and oxygen atoms in total. The van der Waals surface area contributed by atoms with Crippen LogP contribution in [0.15, 0.2) is 24.3 Å². The van der Waals surface area contributed by atoms with Gasteiger partial charge in [-0.15, -0.1) is 0 Å². The topological polar surface area (TPSA) is 34.1 Å². The number of ketones is 2. The van der Waals surface area contributed by atoms with Gasteiger partial charge in [-0.3, -0.25) is 9.59 Å². The summed E-state index contributed by atoms with van der Waals surface area (Å²) in [6.07, 6.45) is 0.322. The Morgan fingerprint density at radius 1 is 1.07 bits per heavy atom. The van der Waals surface area contributed by atoms with Gasteiger partial charge in [0.25, 0.3) is 0 Å². The number of carbonyl (C=O) groups excluding carboxylic acids is 2. The van der Waals surface area contributed by atoms with E-state index in [1.165, 1.54) is 0 Å². The van der Waals surface area contributed by atoms with E-state index in [0.29, 0.717) is 17.5 Å². The first kappa shape index (κ1) is 9.13. The van der Waals surface area contributed by atoms with E-state index in [0.717, 1.165) is 0 Å².